The molecule has 2 atom stereocenters. The molecule has 4 aromatic heterocycles. The third kappa shape index (κ3) is 3.80. The number of nitrogens with zero attached hydrogens (tertiary/aromatic N) is 7. The average Bonchev–Trinajstić information content (AvgIpc) is 3.79. The highest BCUT2D eigenvalue weighted by Gasteiger charge is 2.42. The third-order valence-electron chi connectivity index (χ3n) is 8.66. The first-order valence-corrected chi connectivity index (χ1v) is 13.8. The molecule has 0 saturated carbocycles. The van der Waals surface area contributed by atoms with Crippen molar-refractivity contribution < 1.29 is 13.2 Å². The second-order valence-electron chi connectivity index (χ2n) is 11.0. The molecule has 2 aromatic carbocycles. The number of nitrogens with one attached hydrogen (secondary N) is 1. The lowest BCUT2D eigenvalue weighted by atomic mass is 9.98. The zero-order valence-electron chi connectivity index (χ0n) is 22.5. The maximum absolute atomic E-state index is 14.7. The molecule has 2 aliphatic rings. The summed E-state index contributed by atoms with van der Waals surface area (Å²) in [6.45, 7) is 1.59. The Kier molecular flexibility index (Phi) is 5.42. The molecule has 2 aliphatic heterocycles. The van der Waals surface area contributed by atoms with Crippen LogP contribution in [-0.2, 0) is 6.18 Å². The molecule has 6 heterocycles. The van der Waals surface area contributed by atoms with Gasteiger partial charge in [0.1, 0.15) is 5.69 Å². The minimum Gasteiger partial charge on any atom is -0.366 e. The summed E-state index contributed by atoms with van der Waals surface area (Å²) in [5.41, 5.74) is 4.45. The zero-order chi connectivity index (χ0) is 28.6. The minimum atomic E-state index is -4.57. The first-order valence-electron chi connectivity index (χ1n) is 13.8. The lowest BCUT2D eigenvalue weighted by Crippen LogP contribution is -2.44. The van der Waals surface area contributed by atoms with E-state index in [2.05, 4.69) is 37.0 Å². The highest BCUT2D eigenvalue weighted by Crippen LogP contribution is 2.43. The van der Waals surface area contributed by atoms with Gasteiger partial charge in [-0.1, -0.05) is 18.2 Å². The SMILES string of the molecule is CN1C[C@@H]2C[C@H]1CN2c1ccc(-c2ccnc3c(-c4cccc5[nH]ncc45)c(-c4ccncc4)nn23)c(C(F)(F)F)c1. The quantitative estimate of drug-likeness (QED) is 0.286. The molecule has 2 fully saturated rings. The van der Waals surface area contributed by atoms with Crippen LogP contribution >= 0.6 is 0 Å². The Balaban J connectivity index is 1.35. The Bertz CT molecular complexity index is 1960. The predicted molar refractivity (Wildman–Crippen MR) is 154 cm³/mol. The van der Waals surface area contributed by atoms with Gasteiger partial charge in [0.25, 0.3) is 0 Å². The summed E-state index contributed by atoms with van der Waals surface area (Å²) in [5.74, 6) is 0. The van der Waals surface area contributed by atoms with E-state index in [0.29, 0.717) is 34.3 Å². The fourth-order valence-electron chi connectivity index (χ4n) is 6.65. The average molecular weight is 567 g/mol. The monoisotopic (exact) mass is 566 g/mol. The summed E-state index contributed by atoms with van der Waals surface area (Å²) in [4.78, 5) is 13.2. The number of alkyl halides is 3. The van der Waals surface area contributed by atoms with Gasteiger partial charge < -0.3 is 4.90 Å². The van der Waals surface area contributed by atoms with Gasteiger partial charge in [0.2, 0.25) is 0 Å². The van der Waals surface area contributed by atoms with Crippen LogP contribution in [-0.4, -0.2) is 66.9 Å². The van der Waals surface area contributed by atoms with Gasteiger partial charge in [0.05, 0.1) is 28.5 Å². The summed E-state index contributed by atoms with van der Waals surface area (Å²) in [7, 11) is 2.08. The van der Waals surface area contributed by atoms with Gasteiger partial charge >= 0.3 is 6.18 Å². The fraction of sp³-hybridized carbons (Fsp3) is 0.226. The molecule has 0 unspecified atom stereocenters. The molecule has 42 heavy (non-hydrogen) atoms. The van der Waals surface area contributed by atoms with Crippen molar-refractivity contribution in [3.8, 4) is 33.6 Å². The number of hydrogen-bond acceptors (Lipinski definition) is 6. The number of anilines is 1. The number of rotatable bonds is 4. The Labute approximate surface area is 238 Å². The maximum Gasteiger partial charge on any atom is 0.417 e. The van der Waals surface area contributed by atoms with E-state index in [1.165, 1.54) is 10.6 Å². The lowest BCUT2D eigenvalue weighted by Gasteiger charge is -2.34. The molecule has 0 aliphatic carbocycles. The fourth-order valence-corrected chi connectivity index (χ4v) is 6.65. The van der Waals surface area contributed by atoms with E-state index in [1.54, 1.807) is 43.0 Å². The lowest BCUT2D eigenvalue weighted by molar-refractivity contribution is -0.137. The van der Waals surface area contributed by atoms with Gasteiger partial charge in [0, 0.05) is 66.0 Å². The van der Waals surface area contributed by atoms with Gasteiger partial charge in [0.15, 0.2) is 5.65 Å². The van der Waals surface area contributed by atoms with E-state index in [1.807, 2.05) is 30.3 Å². The highest BCUT2D eigenvalue weighted by atomic mass is 19.4. The molecule has 2 bridgehead atoms. The number of benzene rings is 2. The molecular weight excluding hydrogens is 541 g/mol. The Morgan fingerprint density at radius 1 is 0.929 bits per heavy atom. The van der Waals surface area contributed by atoms with Crippen LogP contribution in [0.25, 0.3) is 50.2 Å². The van der Waals surface area contributed by atoms with Crippen molar-refractivity contribution in [2.24, 2.45) is 0 Å². The normalized spacial score (nSPS) is 19.0. The molecular formula is C31H25F3N8. The molecule has 6 aromatic rings. The van der Waals surface area contributed by atoms with Gasteiger partial charge in [-0.05, 0) is 55.4 Å². The number of fused-ring (bicyclic) bond motifs is 4. The molecule has 210 valence electrons. The van der Waals surface area contributed by atoms with Crippen molar-refractivity contribution in [2.75, 3.05) is 25.0 Å². The topological polar surface area (TPSA) is 78.2 Å². The Hall–Kier alpha value is -4.77. The van der Waals surface area contributed by atoms with Crippen LogP contribution in [0.1, 0.15) is 12.0 Å². The van der Waals surface area contributed by atoms with Crippen LogP contribution in [0.4, 0.5) is 18.9 Å². The maximum atomic E-state index is 14.7. The van der Waals surface area contributed by atoms with Crippen LogP contribution in [0.5, 0.6) is 0 Å². The molecule has 11 heteroatoms. The van der Waals surface area contributed by atoms with Crippen molar-refractivity contribution in [3.63, 3.8) is 0 Å². The van der Waals surface area contributed by atoms with E-state index in [0.717, 1.165) is 41.5 Å². The first kappa shape index (κ1) is 25.0. The van der Waals surface area contributed by atoms with Crippen molar-refractivity contribution in [2.45, 2.75) is 24.7 Å². The number of aromatic nitrogens is 6. The van der Waals surface area contributed by atoms with Crippen molar-refractivity contribution in [1.29, 1.82) is 0 Å². The van der Waals surface area contributed by atoms with Gasteiger partial charge in [-0.3, -0.25) is 15.0 Å². The van der Waals surface area contributed by atoms with Gasteiger partial charge in [-0.2, -0.15) is 23.4 Å². The zero-order valence-corrected chi connectivity index (χ0v) is 22.5. The van der Waals surface area contributed by atoms with Crippen LogP contribution in [0.3, 0.4) is 0 Å². The van der Waals surface area contributed by atoms with Crippen molar-refractivity contribution in [1.82, 2.24) is 34.7 Å². The van der Waals surface area contributed by atoms with E-state index in [4.69, 9.17) is 5.10 Å². The number of piperazine rings is 1. The highest BCUT2D eigenvalue weighted by molar-refractivity contribution is 6.03. The third-order valence-corrected chi connectivity index (χ3v) is 8.66. The summed E-state index contributed by atoms with van der Waals surface area (Å²) in [6.07, 6.45) is 3.02. The van der Waals surface area contributed by atoms with Crippen molar-refractivity contribution >= 4 is 22.2 Å². The Morgan fingerprint density at radius 3 is 2.55 bits per heavy atom. The van der Waals surface area contributed by atoms with Gasteiger partial charge in [-0.25, -0.2) is 9.50 Å². The smallest absolute Gasteiger partial charge is 0.366 e. The van der Waals surface area contributed by atoms with Crippen molar-refractivity contribution in [3.05, 3.63) is 84.9 Å². The van der Waals surface area contributed by atoms with Crippen LogP contribution in [0, 0.1) is 0 Å². The molecule has 1 N–H and O–H groups in total. The second-order valence-corrected chi connectivity index (χ2v) is 11.0. The predicted octanol–water partition coefficient (Wildman–Crippen LogP) is 5.91. The number of hydrogen-bond donors (Lipinski definition) is 1. The summed E-state index contributed by atoms with van der Waals surface area (Å²) in [6, 6.07) is 16.3. The summed E-state index contributed by atoms with van der Waals surface area (Å²) in [5, 5.41) is 13.0. The second kappa shape index (κ2) is 9.12. The number of likely N-dealkylation sites (tertiary alicyclic amines) is 1. The van der Waals surface area contributed by atoms with Crippen LogP contribution in [0.15, 0.2) is 79.4 Å². The first-order chi connectivity index (χ1) is 20.4. The van der Waals surface area contributed by atoms with E-state index >= 15 is 0 Å². The molecule has 8 rings (SSSR count). The number of likely N-dealkylation sites (N-methyl/N-ethyl adjacent to an activating group) is 1. The number of halogens is 3. The summed E-state index contributed by atoms with van der Waals surface area (Å²) < 4.78 is 45.7. The van der Waals surface area contributed by atoms with Gasteiger partial charge in [-0.15, -0.1) is 0 Å². The molecule has 0 amide bonds. The number of pyridine rings is 1. The Morgan fingerprint density at radius 2 is 1.79 bits per heavy atom. The van der Waals surface area contributed by atoms with Crippen LogP contribution in [0.2, 0.25) is 0 Å². The van der Waals surface area contributed by atoms with E-state index < -0.39 is 11.7 Å². The molecule has 0 radical (unpaired) electrons. The number of aromatic amines is 1. The minimum absolute atomic E-state index is 0.0528. The molecule has 2 saturated heterocycles. The summed E-state index contributed by atoms with van der Waals surface area (Å²) >= 11 is 0. The molecule has 8 nitrogen and oxygen atoms in total. The van der Waals surface area contributed by atoms with Crippen LogP contribution < -0.4 is 4.90 Å². The standard InChI is InChI=1S/C31H25F3N8/c1-40-16-21-13-20(40)17-41(21)19-5-6-23(25(14-19)31(32,33)34)27-9-12-36-30-28(22-3-2-4-26-24(22)15-37-38-26)29(39-42(27)30)18-7-10-35-11-8-18/h2-12,14-15,20-21H,13,16-17H2,1H3,(H,37,38)/t20-,21-/m0/s1. The molecule has 0 spiro atoms. The van der Waals surface area contributed by atoms with E-state index in [9.17, 15) is 13.2 Å². The largest absolute Gasteiger partial charge is 0.417 e. The number of H-pyrrole nitrogens is 1. The van der Waals surface area contributed by atoms with E-state index in [-0.39, 0.29) is 11.6 Å².